The van der Waals surface area contributed by atoms with E-state index in [9.17, 15) is 9.18 Å². The predicted molar refractivity (Wildman–Crippen MR) is 59.8 cm³/mol. The number of ketones is 1. The Bertz CT molecular complexity index is 363. The van der Waals surface area contributed by atoms with Crippen molar-refractivity contribution in [3.05, 3.63) is 34.6 Å². The first-order valence-electron chi connectivity index (χ1n) is 5.06. The lowest BCUT2D eigenvalue weighted by atomic mass is 9.95. The molecule has 0 saturated heterocycles. The van der Waals surface area contributed by atoms with E-state index in [1.54, 1.807) is 6.07 Å². The van der Waals surface area contributed by atoms with Crippen molar-refractivity contribution < 1.29 is 9.18 Å². The van der Waals surface area contributed by atoms with Gasteiger partial charge in [0.15, 0.2) is 5.78 Å². The molecule has 1 nitrogen and oxygen atoms in total. The highest BCUT2D eigenvalue weighted by Crippen LogP contribution is 2.23. The molecule has 0 spiro atoms. The highest BCUT2D eigenvalue weighted by molar-refractivity contribution is 6.34. The van der Waals surface area contributed by atoms with Crippen LogP contribution >= 0.6 is 11.6 Å². The Morgan fingerprint density at radius 1 is 1.53 bits per heavy atom. The molecule has 1 unspecified atom stereocenters. The van der Waals surface area contributed by atoms with Crippen LogP contribution in [0.2, 0.25) is 5.02 Å². The first kappa shape index (κ1) is 12.2. The maximum atomic E-state index is 13.1. The number of carbonyl (C=O) groups is 1. The minimum Gasteiger partial charge on any atom is -0.294 e. The lowest BCUT2D eigenvalue weighted by Crippen LogP contribution is -2.12. The molecule has 1 atom stereocenters. The number of hydrogen-bond donors (Lipinski definition) is 0. The zero-order valence-electron chi connectivity index (χ0n) is 8.89. The molecule has 0 aliphatic rings. The maximum Gasteiger partial charge on any atom is 0.167 e. The van der Waals surface area contributed by atoms with Crippen LogP contribution in [0.15, 0.2) is 18.2 Å². The van der Waals surface area contributed by atoms with Crippen LogP contribution in [0.3, 0.4) is 0 Å². The maximum absolute atomic E-state index is 13.1. The van der Waals surface area contributed by atoms with Gasteiger partial charge in [-0.1, -0.05) is 37.9 Å². The third-order valence-electron chi connectivity index (χ3n) is 2.39. The molecule has 0 heterocycles. The fraction of sp³-hybridized carbons (Fsp3) is 0.417. The minimum atomic E-state index is -0.536. The monoisotopic (exact) mass is 228 g/mol. The molecule has 1 rings (SSSR count). The van der Waals surface area contributed by atoms with E-state index in [1.165, 1.54) is 12.1 Å². The third kappa shape index (κ3) is 2.78. The molecule has 0 aliphatic carbocycles. The Morgan fingerprint density at radius 2 is 2.20 bits per heavy atom. The third-order valence-corrected chi connectivity index (χ3v) is 2.77. The van der Waals surface area contributed by atoms with Gasteiger partial charge in [0.05, 0.1) is 5.02 Å². The fourth-order valence-corrected chi connectivity index (χ4v) is 1.74. The summed E-state index contributed by atoms with van der Waals surface area (Å²) in [5, 5.41) is -0.0644. The summed E-state index contributed by atoms with van der Waals surface area (Å²) < 4.78 is 13.1. The minimum absolute atomic E-state index is 0.0644. The molecule has 15 heavy (non-hydrogen) atoms. The van der Waals surface area contributed by atoms with Crippen LogP contribution in [0.1, 0.15) is 37.0 Å². The Labute approximate surface area is 94.3 Å². The SMILES string of the molecule is CCCC(C)C(=O)c1cccc(F)c1Cl. The molecule has 0 fully saturated rings. The summed E-state index contributed by atoms with van der Waals surface area (Å²) in [5.74, 6) is -0.720. The van der Waals surface area contributed by atoms with E-state index in [-0.39, 0.29) is 22.3 Å². The largest absolute Gasteiger partial charge is 0.294 e. The van der Waals surface area contributed by atoms with Crippen molar-refractivity contribution in [2.45, 2.75) is 26.7 Å². The van der Waals surface area contributed by atoms with Crippen molar-refractivity contribution in [1.82, 2.24) is 0 Å². The van der Waals surface area contributed by atoms with Crippen molar-refractivity contribution in [3.8, 4) is 0 Å². The molecular formula is C12H14ClFO. The van der Waals surface area contributed by atoms with Gasteiger partial charge < -0.3 is 0 Å². The Morgan fingerprint density at radius 3 is 2.80 bits per heavy atom. The van der Waals surface area contributed by atoms with Crippen molar-refractivity contribution in [2.24, 2.45) is 5.92 Å². The van der Waals surface area contributed by atoms with Crippen molar-refractivity contribution >= 4 is 17.4 Å². The zero-order valence-corrected chi connectivity index (χ0v) is 9.64. The van der Waals surface area contributed by atoms with E-state index in [0.29, 0.717) is 0 Å². The van der Waals surface area contributed by atoms with Crippen LogP contribution in [0, 0.1) is 11.7 Å². The van der Waals surface area contributed by atoms with Crippen LogP contribution in [0.5, 0.6) is 0 Å². The molecule has 0 aliphatic heterocycles. The second-order valence-corrected chi connectivity index (χ2v) is 4.03. The van der Waals surface area contributed by atoms with Crippen molar-refractivity contribution in [1.29, 1.82) is 0 Å². The molecule has 0 amide bonds. The molecular weight excluding hydrogens is 215 g/mol. The normalized spacial score (nSPS) is 12.5. The molecule has 0 N–H and O–H groups in total. The summed E-state index contributed by atoms with van der Waals surface area (Å²) in [6.45, 7) is 3.85. The van der Waals surface area contributed by atoms with Crippen LogP contribution in [-0.2, 0) is 0 Å². The molecule has 1 aromatic carbocycles. The molecule has 0 saturated carbocycles. The van der Waals surface area contributed by atoms with Gasteiger partial charge in [0.25, 0.3) is 0 Å². The first-order valence-corrected chi connectivity index (χ1v) is 5.44. The number of halogens is 2. The summed E-state index contributed by atoms with van der Waals surface area (Å²) in [4.78, 5) is 11.9. The number of rotatable bonds is 4. The van der Waals surface area contributed by atoms with E-state index < -0.39 is 5.82 Å². The lowest BCUT2D eigenvalue weighted by molar-refractivity contribution is 0.0923. The van der Waals surface area contributed by atoms with Gasteiger partial charge in [-0.05, 0) is 18.6 Å². The predicted octanol–water partition coefficient (Wildman–Crippen LogP) is 4.10. The van der Waals surface area contributed by atoms with Gasteiger partial charge in [0, 0.05) is 11.5 Å². The fourth-order valence-electron chi connectivity index (χ4n) is 1.52. The second kappa shape index (κ2) is 5.26. The summed E-state index contributed by atoms with van der Waals surface area (Å²) in [5.41, 5.74) is 0.289. The standard InChI is InChI=1S/C12H14ClFO/c1-3-5-8(2)12(15)9-6-4-7-10(14)11(9)13/h4,6-8H,3,5H2,1-2H3. The van der Waals surface area contributed by atoms with E-state index in [2.05, 4.69) is 0 Å². The number of Topliss-reactive ketones (excluding diaryl/α,β-unsaturated/α-hetero) is 1. The molecule has 1 aromatic rings. The van der Waals surface area contributed by atoms with Crippen molar-refractivity contribution in [3.63, 3.8) is 0 Å². The van der Waals surface area contributed by atoms with Gasteiger partial charge in [-0.2, -0.15) is 0 Å². The number of carbonyl (C=O) groups excluding carboxylic acids is 1. The molecule has 0 aromatic heterocycles. The van der Waals surface area contributed by atoms with Gasteiger partial charge in [-0.25, -0.2) is 4.39 Å². The first-order chi connectivity index (χ1) is 7.07. The molecule has 0 bridgehead atoms. The molecule has 0 radical (unpaired) electrons. The molecule has 82 valence electrons. The van der Waals surface area contributed by atoms with Gasteiger partial charge in [0.2, 0.25) is 0 Å². The Kier molecular flexibility index (Phi) is 4.28. The summed E-state index contributed by atoms with van der Waals surface area (Å²) >= 11 is 5.74. The van der Waals surface area contributed by atoms with E-state index >= 15 is 0 Å². The van der Waals surface area contributed by atoms with Gasteiger partial charge in [0.1, 0.15) is 5.82 Å². The number of hydrogen-bond acceptors (Lipinski definition) is 1. The Balaban J connectivity index is 2.96. The van der Waals surface area contributed by atoms with Crippen LogP contribution < -0.4 is 0 Å². The molecule has 3 heteroatoms. The van der Waals surface area contributed by atoms with Crippen molar-refractivity contribution in [2.75, 3.05) is 0 Å². The van der Waals surface area contributed by atoms with Crippen LogP contribution in [0.25, 0.3) is 0 Å². The highest BCUT2D eigenvalue weighted by Gasteiger charge is 2.18. The van der Waals surface area contributed by atoms with E-state index in [1.807, 2.05) is 13.8 Å². The topological polar surface area (TPSA) is 17.1 Å². The Hall–Kier alpha value is -0.890. The lowest BCUT2D eigenvalue weighted by Gasteiger charge is -2.10. The van der Waals surface area contributed by atoms with Crippen LogP contribution in [-0.4, -0.2) is 5.78 Å². The summed E-state index contributed by atoms with van der Waals surface area (Å²) in [7, 11) is 0. The zero-order chi connectivity index (χ0) is 11.4. The smallest absolute Gasteiger partial charge is 0.167 e. The average molecular weight is 229 g/mol. The highest BCUT2D eigenvalue weighted by atomic mass is 35.5. The number of benzene rings is 1. The van der Waals surface area contributed by atoms with E-state index in [0.717, 1.165) is 12.8 Å². The van der Waals surface area contributed by atoms with Gasteiger partial charge in [-0.3, -0.25) is 4.79 Å². The average Bonchev–Trinajstić information content (AvgIpc) is 2.21. The van der Waals surface area contributed by atoms with E-state index in [4.69, 9.17) is 11.6 Å². The summed E-state index contributed by atoms with van der Waals surface area (Å²) in [6, 6.07) is 4.33. The quantitative estimate of drug-likeness (QED) is 0.710. The van der Waals surface area contributed by atoms with Gasteiger partial charge >= 0.3 is 0 Å². The summed E-state index contributed by atoms with van der Waals surface area (Å²) in [6.07, 6.45) is 1.73. The second-order valence-electron chi connectivity index (χ2n) is 3.66. The van der Waals surface area contributed by atoms with Crippen LogP contribution in [0.4, 0.5) is 4.39 Å². The van der Waals surface area contributed by atoms with Gasteiger partial charge in [-0.15, -0.1) is 0 Å².